The predicted molar refractivity (Wildman–Crippen MR) is 71.9 cm³/mol. The fourth-order valence-corrected chi connectivity index (χ4v) is 2.87. The van der Waals surface area contributed by atoms with E-state index < -0.39 is 0 Å². The second-order valence-corrected chi connectivity index (χ2v) is 5.14. The molecule has 0 radical (unpaired) electrons. The Morgan fingerprint density at radius 3 is 3.11 bits per heavy atom. The van der Waals surface area contributed by atoms with E-state index in [2.05, 4.69) is 39.3 Å². The van der Waals surface area contributed by atoms with Crippen LogP contribution in [-0.2, 0) is 13.0 Å². The Balaban J connectivity index is 1.81. The van der Waals surface area contributed by atoms with E-state index in [0.29, 0.717) is 18.5 Å². The fraction of sp³-hybridized carbons (Fsp3) is 0.571. The first-order chi connectivity index (χ1) is 9.26. The maximum absolute atomic E-state index is 5.01. The minimum absolute atomic E-state index is 0.502. The molecule has 0 saturated heterocycles. The Kier molecular flexibility index (Phi) is 3.38. The smallest absolute Gasteiger partial charge is 0.223 e. The number of nitrogens with one attached hydrogen (secondary N) is 1. The lowest BCUT2D eigenvalue weighted by atomic mass is 9.91. The van der Waals surface area contributed by atoms with E-state index >= 15 is 0 Å². The van der Waals surface area contributed by atoms with Crippen molar-refractivity contribution < 1.29 is 4.52 Å². The lowest BCUT2D eigenvalue weighted by Crippen LogP contribution is -2.23. The van der Waals surface area contributed by atoms with E-state index in [-0.39, 0.29) is 0 Å². The molecule has 1 unspecified atom stereocenters. The van der Waals surface area contributed by atoms with Gasteiger partial charge in [-0.1, -0.05) is 12.1 Å². The van der Waals surface area contributed by atoms with Gasteiger partial charge in [0.25, 0.3) is 0 Å². The van der Waals surface area contributed by atoms with Gasteiger partial charge in [0.15, 0.2) is 5.82 Å². The van der Waals surface area contributed by atoms with Gasteiger partial charge < -0.3 is 14.4 Å². The highest BCUT2D eigenvalue weighted by molar-refractivity contribution is 5.30. The second-order valence-electron chi connectivity index (χ2n) is 5.14. The molecular weight excluding hydrogens is 240 g/mol. The van der Waals surface area contributed by atoms with E-state index in [4.69, 9.17) is 4.52 Å². The van der Waals surface area contributed by atoms with Gasteiger partial charge in [-0.2, -0.15) is 4.98 Å². The number of nitrogens with zero attached hydrogens (tertiary/aromatic N) is 3. The van der Waals surface area contributed by atoms with Crippen LogP contribution in [0.4, 0.5) is 0 Å². The van der Waals surface area contributed by atoms with E-state index in [0.717, 1.165) is 12.4 Å². The molecule has 0 bridgehead atoms. The van der Waals surface area contributed by atoms with Gasteiger partial charge >= 0.3 is 0 Å². The SMILES string of the molecule is CCNC1CCCc2cn(Cc3noc(C)n3)cc21. The summed E-state index contributed by atoms with van der Waals surface area (Å²) in [6.45, 7) is 5.67. The molecule has 1 atom stereocenters. The highest BCUT2D eigenvalue weighted by atomic mass is 16.5. The molecule has 5 nitrogen and oxygen atoms in total. The van der Waals surface area contributed by atoms with Crippen LogP contribution >= 0.6 is 0 Å². The zero-order chi connectivity index (χ0) is 13.2. The predicted octanol–water partition coefficient (Wildman–Crippen LogP) is 2.21. The topological polar surface area (TPSA) is 55.9 Å². The van der Waals surface area contributed by atoms with Crippen molar-refractivity contribution in [3.63, 3.8) is 0 Å². The third-order valence-electron chi connectivity index (χ3n) is 3.66. The summed E-state index contributed by atoms with van der Waals surface area (Å²) < 4.78 is 7.18. The number of aryl methyl sites for hydroxylation is 2. The molecular formula is C14H20N4O. The normalized spacial score (nSPS) is 18.5. The zero-order valence-electron chi connectivity index (χ0n) is 11.5. The largest absolute Gasteiger partial charge is 0.346 e. The summed E-state index contributed by atoms with van der Waals surface area (Å²) in [6, 6.07) is 0.502. The molecule has 19 heavy (non-hydrogen) atoms. The summed E-state index contributed by atoms with van der Waals surface area (Å²) in [4.78, 5) is 4.25. The fourth-order valence-electron chi connectivity index (χ4n) is 2.87. The van der Waals surface area contributed by atoms with Gasteiger partial charge in [-0.15, -0.1) is 0 Å². The Hall–Kier alpha value is -1.62. The molecule has 2 aromatic rings. The summed E-state index contributed by atoms with van der Waals surface area (Å²) in [5, 5.41) is 7.51. The molecule has 0 aliphatic heterocycles. The van der Waals surface area contributed by atoms with Crippen molar-refractivity contribution in [1.29, 1.82) is 0 Å². The van der Waals surface area contributed by atoms with Crippen molar-refractivity contribution >= 4 is 0 Å². The lowest BCUT2D eigenvalue weighted by molar-refractivity contribution is 0.386. The molecule has 0 amide bonds. The summed E-state index contributed by atoms with van der Waals surface area (Å²) in [7, 11) is 0. The van der Waals surface area contributed by atoms with Crippen LogP contribution in [0.1, 0.15) is 48.6 Å². The number of hydrogen-bond donors (Lipinski definition) is 1. The van der Waals surface area contributed by atoms with Crippen molar-refractivity contribution in [3.05, 3.63) is 35.2 Å². The Bertz CT molecular complexity index is 558. The number of rotatable bonds is 4. The zero-order valence-corrected chi connectivity index (χ0v) is 11.5. The van der Waals surface area contributed by atoms with E-state index in [9.17, 15) is 0 Å². The maximum atomic E-state index is 5.01. The minimum atomic E-state index is 0.502. The van der Waals surface area contributed by atoms with E-state index in [1.54, 1.807) is 0 Å². The molecule has 1 aliphatic carbocycles. The molecule has 0 spiro atoms. The van der Waals surface area contributed by atoms with E-state index in [1.807, 2.05) is 6.92 Å². The maximum Gasteiger partial charge on any atom is 0.223 e. The van der Waals surface area contributed by atoms with Crippen LogP contribution in [-0.4, -0.2) is 21.3 Å². The summed E-state index contributed by atoms with van der Waals surface area (Å²) in [6.07, 6.45) is 8.12. The van der Waals surface area contributed by atoms with Gasteiger partial charge in [-0.25, -0.2) is 0 Å². The average Bonchev–Trinajstić information content (AvgIpc) is 2.97. The Morgan fingerprint density at radius 1 is 1.47 bits per heavy atom. The first kappa shape index (κ1) is 12.4. The van der Waals surface area contributed by atoms with Crippen LogP contribution in [0.5, 0.6) is 0 Å². The van der Waals surface area contributed by atoms with Gasteiger partial charge in [-0.3, -0.25) is 0 Å². The average molecular weight is 260 g/mol. The lowest BCUT2D eigenvalue weighted by Gasteiger charge is -2.22. The monoisotopic (exact) mass is 260 g/mol. The third-order valence-corrected chi connectivity index (χ3v) is 3.66. The summed E-state index contributed by atoms with van der Waals surface area (Å²) in [5.74, 6) is 1.36. The number of fused-ring (bicyclic) bond motifs is 1. The van der Waals surface area contributed by atoms with Crippen molar-refractivity contribution in [2.24, 2.45) is 0 Å². The molecule has 2 heterocycles. The Labute approximate surface area is 113 Å². The molecule has 102 valence electrons. The van der Waals surface area contributed by atoms with Gasteiger partial charge in [0, 0.05) is 25.4 Å². The standard InChI is InChI=1S/C14H20N4O/c1-3-15-13-6-4-5-11-7-18(8-12(11)13)9-14-16-10(2)19-17-14/h7-8,13,15H,3-6,9H2,1-2H3. The molecule has 1 aliphatic rings. The van der Waals surface area contributed by atoms with Crippen LogP contribution < -0.4 is 5.32 Å². The molecule has 2 aromatic heterocycles. The second kappa shape index (κ2) is 5.17. The minimum Gasteiger partial charge on any atom is -0.346 e. The van der Waals surface area contributed by atoms with Crippen molar-refractivity contribution in [1.82, 2.24) is 20.0 Å². The third kappa shape index (κ3) is 2.56. The highest BCUT2D eigenvalue weighted by Crippen LogP contribution is 2.30. The molecule has 5 heteroatoms. The first-order valence-corrected chi connectivity index (χ1v) is 6.97. The Morgan fingerprint density at radius 2 is 2.37 bits per heavy atom. The number of aromatic nitrogens is 3. The quantitative estimate of drug-likeness (QED) is 0.915. The van der Waals surface area contributed by atoms with Crippen molar-refractivity contribution in [2.45, 2.75) is 45.7 Å². The summed E-state index contributed by atoms with van der Waals surface area (Å²) >= 11 is 0. The molecule has 3 rings (SSSR count). The van der Waals surface area contributed by atoms with Crippen molar-refractivity contribution in [2.75, 3.05) is 6.54 Å². The number of hydrogen-bond acceptors (Lipinski definition) is 4. The first-order valence-electron chi connectivity index (χ1n) is 6.97. The van der Waals surface area contributed by atoms with Gasteiger partial charge in [-0.05, 0) is 36.9 Å². The van der Waals surface area contributed by atoms with Gasteiger partial charge in [0.1, 0.15) is 0 Å². The summed E-state index contributed by atoms with van der Waals surface area (Å²) in [5.41, 5.74) is 2.89. The highest BCUT2D eigenvalue weighted by Gasteiger charge is 2.21. The molecule has 0 aromatic carbocycles. The van der Waals surface area contributed by atoms with Crippen LogP contribution in [0, 0.1) is 6.92 Å². The van der Waals surface area contributed by atoms with Crippen LogP contribution in [0.3, 0.4) is 0 Å². The van der Waals surface area contributed by atoms with Crippen molar-refractivity contribution in [3.8, 4) is 0 Å². The molecule has 0 fully saturated rings. The van der Waals surface area contributed by atoms with Crippen LogP contribution in [0.2, 0.25) is 0 Å². The van der Waals surface area contributed by atoms with Gasteiger partial charge in [0.2, 0.25) is 5.89 Å². The van der Waals surface area contributed by atoms with Crippen LogP contribution in [0.25, 0.3) is 0 Å². The van der Waals surface area contributed by atoms with Gasteiger partial charge in [0.05, 0.1) is 6.54 Å². The molecule has 1 N–H and O–H groups in total. The molecule has 0 saturated carbocycles. The van der Waals surface area contributed by atoms with E-state index in [1.165, 1.54) is 30.4 Å². The van der Waals surface area contributed by atoms with Crippen LogP contribution in [0.15, 0.2) is 16.9 Å².